The molecule has 17 heavy (non-hydrogen) atoms. The molecule has 0 radical (unpaired) electrons. The Balaban J connectivity index is 2.10. The van der Waals surface area contributed by atoms with Gasteiger partial charge in [-0.3, -0.25) is 0 Å². The largest absolute Gasteiger partial charge is 0.477 e. The van der Waals surface area contributed by atoms with E-state index in [2.05, 4.69) is 19.1 Å². The maximum Gasteiger partial charge on any atom is 0.346 e. The Hall–Kier alpha value is -1.26. The minimum atomic E-state index is -0.833. The molecule has 0 fully saturated rings. The van der Waals surface area contributed by atoms with Gasteiger partial charge >= 0.3 is 5.97 Å². The predicted octanol–water partition coefficient (Wildman–Crippen LogP) is 4.05. The van der Waals surface area contributed by atoms with Crippen molar-refractivity contribution in [1.82, 2.24) is 0 Å². The van der Waals surface area contributed by atoms with E-state index in [-0.39, 0.29) is 0 Å². The van der Waals surface area contributed by atoms with Crippen LogP contribution >= 0.6 is 23.1 Å². The summed E-state index contributed by atoms with van der Waals surface area (Å²) >= 11 is 2.96. The van der Waals surface area contributed by atoms with E-state index in [4.69, 9.17) is 5.11 Å². The summed E-state index contributed by atoms with van der Waals surface area (Å²) in [6.07, 6.45) is 0. The van der Waals surface area contributed by atoms with Gasteiger partial charge in [0.15, 0.2) is 0 Å². The highest BCUT2D eigenvalue weighted by Gasteiger charge is 2.11. The van der Waals surface area contributed by atoms with Crippen LogP contribution in [0.25, 0.3) is 0 Å². The molecule has 0 saturated heterocycles. The maximum atomic E-state index is 11.0. The molecular weight excluding hydrogens is 252 g/mol. The fourth-order valence-corrected chi connectivity index (χ4v) is 3.39. The van der Waals surface area contributed by atoms with E-state index in [1.165, 1.54) is 21.8 Å². The van der Waals surface area contributed by atoms with Gasteiger partial charge in [-0.15, -0.1) is 23.1 Å². The quantitative estimate of drug-likeness (QED) is 0.847. The Morgan fingerprint density at radius 2 is 2.12 bits per heavy atom. The summed E-state index contributed by atoms with van der Waals surface area (Å²) in [6.45, 7) is 2.06. The highest BCUT2D eigenvalue weighted by molar-refractivity contribution is 7.98. The van der Waals surface area contributed by atoms with Crippen LogP contribution in [-0.4, -0.2) is 11.1 Å². The number of hydrogen-bond acceptors (Lipinski definition) is 3. The topological polar surface area (TPSA) is 37.3 Å². The van der Waals surface area contributed by atoms with Gasteiger partial charge in [-0.1, -0.05) is 18.2 Å². The molecule has 0 amide bonds. The van der Waals surface area contributed by atoms with Gasteiger partial charge in [0, 0.05) is 10.6 Å². The third-order valence-corrected chi connectivity index (χ3v) is 4.59. The van der Waals surface area contributed by atoms with Gasteiger partial charge < -0.3 is 5.11 Å². The number of thiophene rings is 1. The maximum absolute atomic E-state index is 11.0. The smallest absolute Gasteiger partial charge is 0.346 e. The predicted molar refractivity (Wildman–Crippen MR) is 72.0 cm³/mol. The van der Waals surface area contributed by atoms with E-state index >= 15 is 0 Å². The number of thioether (sulfide) groups is 1. The van der Waals surface area contributed by atoms with Crippen LogP contribution in [0.4, 0.5) is 0 Å². The average Bonchev–Trinajstić information content (AvgIpc) is 2.76. The van der Waals surface area contributed by atoms with Crippen LogP contribution in [0.5, 0.6) is 0 Å². The molecule has 0 atom stereocenters. The lowest BCUT2D eigenvalue weighted by molar-refractivity contribution is 0.0701. The van der Waals surface area contributed by atoms with Crippen LogP contribution in [0, 0.1) is 6.92 Å². The Morgan fingerprint density at radius 1 is 1.35 bits per heavy atom. The first-order valence-electron chi connectivity index (χ1n) is 5.16. The molecular formula is C13H12O2S2. The minimum absolute atomic E-state index is 0.450. The van der Waals surface area contributed by atoms with E-state index in [1.54, 1.807) is 11.8 Å². The zero-order valence-electron chi connectivity index (χ0n) is 9.34. The zero-order chi connectivity index (χ0) is 12.3. The summed E-state index contributed by atoms with van der Waals surface area (Å²) < 4.78 is 0. The first-order chi connectivity index (χ1) is 8.18. The van der Waals surface area contributed by atoms with Crippen molar-refractivity contribution in [2.45, 2.75) is 17.6 Å². The van der Waals surface area contributed by atoms with Crippen LogP contribution in [-0.2, 0) is 5.75 Å². The number of aromatic carboxylic acids is 1. The van der Waals surface area contributed by atoms with Crippen molar-refractivity contribution >= 4 is 29.1 Å². The van der Waals surface area contributed by atoms with Crippen LogP contribution in [0.1, 0.15) is 20.8 Å². The van der Waals surface area contributed by atoms with Crippen molar-refractivity contribution in [3.05, 3.63) is 51.7 Å². The molecule has 0 aliphatic heterocycles. The molecule has 1 heterocycles. The molecule has 0 unspecified atom stereocenters. The number of rotatable bonds is 4. The molecule has 0 saturated carbocycles. The van der Waals surface area contributed by atoms with Crippen molar-refractivity contribution < 1.29 is 9.90 Å². The van der Waals surface area contributed by atoms with Crippen molar-refractivity contribution in [3.63, 3.8) is 0 Å². The standard InChI is InChI=1S/C13H12O2S2/c1-9-4-2-3-5-11(9)17-8-10-6-7-16-12(10)13(14)15/h2-7H,8H2,1H3,(H,14,15). The fraction of sp³-hybridized carbons (Fsp3) is 0.154. The SMILES string of the molecule is Cc1ccccc1SCc1ccsc1C(=O)O. The van der Waals surface area contributed by atoms with Crippen molar-refractivity contribution in [3.8, 4) is 0 Å². The van der Waals surface area contributed by atoms with E-state index in [9.17, 15) is 4.79 Å². The van der Waals surface area contributed by atoms with E-state index < -0.39 is 5.97 Å². The van der Waals surface area contributed by atoms with Crippen LogP contribution in [0.2, 0.25) is 0 Å². The minimum Gasteiger partial charge on any atom is -0.477 e. The highest BCUT2D eigenvalue weighted by atomic mass is 32.2. The average molecular weight is 264 g/mol. The molecule has 88 valence electrons. The van der Waals surface area contributed by atoms with Gasteiger partial charge in [-0.2, -0.15) is 0 Å². The van der Waals surface area contributed by atoms with Crippen molar-refractivity contribution in [2.75, 3.05) is 0 Å². The number of hydrogen-bond donors (Lipinski definition) is 1. The van der Waals surface area contributed by atoms with Crippen molar-refractivity contribution in [2.24, 2.45) is 0 Å². The number of carboxylic acid groups (broad SMARTS) is 1. The lowest BCUT2D eigenvalue weighted by Crippen LogP contribution is -1.96. The summed E-state index contributed by atoms with van der Waals surface area (Å²) in [7, 11) is 0. The third-order valence-electron chi connectivity index (χ3n) is 2.42. The number of benzene rings is 1. The molecule has 2 aromatic rings. The van der Waals surface area contributed by atoms with E-state index in [0.717, 1.165) is 5.56 Å². The third kappa shape index (κ3) is 2.90. The molecule has 2 nitrogen and oxygen atoms in total. The van der Waals surface area contributed by atoms with Gasteiger partial charge in [0.25, 0.3) is 0 Å². The lowest BCUT2D eigenvalue weighted by atomic mass is 10.2. The first kappa shape index (κ1) is 12.2. The van der Waals surface area contributed by atoms with Crippen LogP contribution in [0.15, 0.2) is 40.6 Å². The highest BCUT2D eigenvalue weighted by Crippen LogP contribution is 2.28. The van der Waals surface area contributed by atoms with Gasteiger partial charge in [0.05, 0.1) is 0 Å². The number of aryl methyl sites for hydroxylation is 1. The fourth-order valence-electron chi connectivity index (χ4n) is 1.51. The Kier molecular flexibility index (Phi) is 3.86. The van der Waals surface area contributed by atoms with Gasteiger partial charge in [0.2, 0.25) is 0 Å². The summed E-state index contributed by atoms with van der Waals surface area (Å²) in [4.78, 5) is 12.6. The molecule has 0 bridgehead atoms. The Labute approximate surface area is 108 Å². The molecule has 4 heteroatoms. The normalized spacial score (nSPS) is 10.4. The molecule has 1 aromatic heterocycles. The molecule has 1 aromatic carbocycles. The first-order valence-corrected chi connectivity index (χ1v) is 7.03. The molecule has 2 rings (SSSR count). The summed E-state index contributed by atoms with van der Waals surface area (Å²) in [5.74, 6) is -0.129. The Bertz CT molecular complexity index is 532. The number of carboxylic acids is 1. The monoisotopic (exact) mass is 264 g/mol. The van der Waals surface area contributed by atoms with Crippen LogP contribution in [0.3, 0.4) is 0 Å². The second-order valence-corrected chi connectivity index (χ2v) is 5.57. The van der Waals surface area contributed by atoms with Crippen LogP contribution < -0.4 is 0 Å². The molecule has 0 spiro atoms. The summed E-state index contributed by atoms with van der Waals surface area (Å²) in [6, 6.07) is 10.0. The van der Waals surface area contributed by atoms with Gasteiger partial charge in [0.1, 0.15) is 4.88 Å². The Morgan fingerprint density at radius 3 is 2.82 bits per heavy atom. The molecule has 0 aliphatic rings. The lowest BCUT2D eigenvalue weighted by Gasteiger charge is -2.04. The summed E-state index contributed by atoms with van der Waals surface area (Å²) in [5.41, 5.74) is 2.13. The second kappa shape index (κ2) is 5.38. The van der Waals surface area contributed by atoms with Gasteiger partial charge in [-0.05, 0) is 35.6 Å². The van der Waals surface area contributed by atoms with E-state index in [0.29, 0.717) is 10.6 Å². The molecule has 1 N–H and O–H groups in total. The van der Waals surface area contributed by atoms with E-state index in [1.807, 2.05) is 23.6 Å². The zero-order valence-corrected chi connectivity index (χ0v) is 11.0. The van der Waals surface area contributed by atoms with Crippen molar-refractivity contribution in [1.29, 1.82) is 0 Å². The summed E-state index contributed by atoms with van der Waals surface area (Å²) in [5, 5.41) is 10.8. The number of carbonyl (C=O) groups is 1. The van der Waals surface area contributed by atoms with Gasteiger partial charge in [-0.25, -0.2) is 4.79 Å². The second-order valence-electron chi connectivity index (χ2n) is 3.63. The molecule has 0 aliphatic carbocycles.